The molecule has 3 amide bonds. The van der Waals surface area contributed by atoms with Crippen molar-refractivity contribution in [1.82, 2.24) is 16.0 Å². The Bertz CT molecular complexity index is 1800. The van der Waals surface area contributed by atoms with E-state index in [0.29, 0.717) is 57.5 Å². The van der Waals surface area contributed by atoms with Gasteiger partial charge in [0.15, 0.2) is 0 Å². The molecule has 10 nitrogen and oxygen atoms in total. The third kappa shape index (κ3) is 8.77. The highest BCUT2D eigenvalue weighted by Gasteiger charge is 2.42. The van der Waals surface area contributed by atoms with Gasteiger partial charge in [0, 0.05) is 73.1 Å². The zero-order chi connectivity index (χ0) is 38.5. The Morgan fingerprint density at radius 2 is 1.27 bits per heavy atom. The van der Waals surface area contributed by atoms with Gasteiger partial charge in [-0.15, -0.1) is 0 Å². The molecule has 0 bridgehead atoms. The van der Waals surface area contributed by atoms with Crippen LogP contribution in [0.1, 0.15) is 114 Å². The van der Waals surface area contributed by atoms with Gasteiger partial charge in [-0.3, -0.25) is 14.4 Å². The number of benzene rings is 3. The number of fused-ring (bicyclic) bond motifs is 2. The van der Waals surface area contributed by atoms with Crippen LogP contribution in [0.5, 0.6) is 0 Å². The minimum absolute atomic E-state index is 0.0587. The zero-order valence-corrected chi connectivity index (χ0v) is 33.1. The van der Waals surface area contributed by atoms with E-state index in [-0.39, 0.29) is 47.4 Å². The van der Waals surface area contributed by atoms with E-state index in [1.54, 1.807) is 0 Å². The van der Waals surface area contributed by atoms with Crippen molar-refractivity contribution in [2.24, 2.45) is 0 Å². The highest BCUT2D eigenvalue weighted by molar-refractivity contribution is 5.96. The summed E-state index contributed by atoms with van der Waals surface area (Å²) < 4.78 is 5.67. The number of para-hydroxylation sites is 2. The summed E-state index contributed by atoms with van der Waals surface area (Å²) in [7, 11) is 0. The molecular weight excluding hydrogens is 689 g/mol. The molecule has 1 saturated carbocycles. The van der Waals surface area contributed by atoms with Crippen molar-refractivity contribution >= 4 is 34.8 Å². The van der Waals surface area contributed by atoms with Crippen LogP contribution in [0.25, 0.3) is 0 Å². The van der Waals surface area contributed by atoms with Gasteiger partial charge >= 0.3 is 0 Å². The van der Waals surface area contributed by atoms with Crippen LogP contribution in [0.4, 0.5) is 17.1 Å². The molecule has 0 aromatic heterocycles. The highest BCUT2D eigenvalue weighted by atomic mass is 16.5. The largest absolute Gasteiger partial charge is 0.378 e. The lowest BCUT2D eigenvalue weighted by atomic mass is 9.85. The summed E-state index contributed by atoms with van der Waals surface area (Å²) in [6.07, 6.45) is 8.19. The molecular formula is C45H60N6O4. The van der Waals surface area contributed by atoms with E-state index in [1.165, 1.54) is 5.56 Å². The number of hydrogen-bond donors (Lipinski definition) is 4. The van der Waals surface area contributed by atoms with Crippen LogP contribution < -0.4 is 31.1 Å². The standard InChI is InChI=1S/C45H60N6O4/c1-5-43(53)50-30(3)25-38(36-11-7-9-13-40(36)50)47-33-18-15-32(16-19-33)17-24-42(52)46-27-45(28-55-29-45)49-35-22-20-34(21-23-35)48-39-26-31(4)51(44(54)6-2)41-14-10-8-12-37(39)41/h7-16,18-19,30-31,34-35,38-39,47-49H,5-6,17,20-29H2,1-4H3,(H,46,52)/t30-,31-,34?,35?,38+,39+/m0/s1. The summed E-state index contributed by atoms with van der Waals surface area (Å²) in [5.74, 6) is 0.400. The summed E-state index contributed by atoms with van der Waals surface area (Å²) in [6, 6.07) is 26.4. The molecule has 55 heavy (non-hydrogen) atoms. The first-order valence-electron chi connectivity index (χ1n) is 20.7. The van der Waals surface area contributed by atoms with Gasteiger partial charge in [0.25, 0.3) is 0 Å². The van der Waals surface area contributed by atoms with Gasteiger partial charge in [0.1, 0.15) is 0 Å². The summed E-state index contributed by atoms with van der Waals surface area (Å²) in [5, 5.41) is 14.8. The van der Waals surface area contributed by atoms with Crippen LogP contribution >= 0.6 is 0 Å². The quantitative estimate of drug-likeness (QED) is 0.150. The van der Waals surface area contributed by atoms with Gasteiger partial charge in [0.2, 0.25) is 17.7 Å². The second-order valence-electron chi connectivity index (χ2n) is 16.4. The Morgan fingerprint density at radius 1 is 0.727 bits per heavy atom. The van der Waals surface area contributed by atoms with Gasteiger partial charge in [-0.1, -0.05) is 62.4 Å². The fourth-order valence-corrected chi connectivity index (χ4v) is 9.31. The fraction of sp³-hybridized carbons (Fsp3) is 0.533. The van der Waals surface area contributed by atoms with Gasteiger partial charge in [-0.25, -0.2) is 0 Å². The van der Waals surface area contributed by atoms with Gasteiger partial charge in [-0.2, -0.15) is 0 Å². The van der Waals surface area contributed by atoms with Gasteiger partial charge < -0.3 is 35.8 Å². The van der Waals surface area contributed by atoms with E-state index in [0.717, 1.165) is 66.7 Å². The Balaban J connectivity index is 0.849. The summed E-state index contributed by atoms with van der Waals surface area (Å²) in [4.78, 5) is 42.5. The van der Waals surface area contributed by atoms with E-state index in [4.69, 9.17) is 4.74 Å². The number of amides is 3. The second-order valence-corrected chi connectivity index (χ2v) is 16.4. The summed E-state index contributed by atoms with van der Waals surface area (Å²) >= 11 is 0. The van der Waals surface area contributed by atoms with Crippen LogP contribution in [0, 0.1) is 0 Å². The molecule has 4 N–H and O–H groups in total. The third-order valence-corrected chi connectivity index (χ3v) is 12.3. The maximum Gasteiger partial charge on any atom is 0.226 e. The van der Waals surface area contributed by atoms with Crippen LogP contribution in [0.15, 0.2) is 72.8 Å². The average Bonchev–Trinajstić information content (AvgIpc) is 3.19. The minimum atomic E-state index is -0.211. The Morgan fingerprint density at radius 3 is 1.84 bits per heavy atom. The molecule has 0 radical (unpaired) electrons. The lowest BCUT2D eigenvalue weighted by Gasteiger charge is -2.46. The number of rotatable bonds is 13. The van der Waals surface area contributed by atoms with Crippen molar-refractivity contribution in [1.29, 1.82) is 0 Å². The predicted molar refractivity (Wildman–Crippen MR) is 219 cm³/mol. The van der Waals surface area contributed by atoms with Crippen molar-refractivity contribution in [3.05, 3.63) is 89.5 Å². The topological polar surface area (TPSA) is 115 Å². The molecule has 0 spiro atoms. The number of aryl methyl sites for hydroxylation is 1. The van der Waals surface area contributed by atoms with Crippen molar-refractivity contribution in [3.8, 4) is 0 Å². The number of ether oxygens (including phenoxy) is 1. The third-order valence-electron chi connectivity index (χ3n) is 12.3. The van der Waals surface area contributed by atoms with Crippen LogP contribution in [0.3, 0.4) is 0 Å². The number of hydrogen-bond acceptors (Lipinski definition) is 7. The fourth-order valence-electron chi connectivity index (χ4n) is 9.31. The van der Waals surface area contributed by atoms with Crippen molar-refractivity contribution in [2.45, 2.75) is 134 Å². The summed E-state index contributed by atoms with van der Waals surface area (Å²) in [6.45, 7) is 9.93. The lowest BCUT2D eigenvalue weighted by Crippen LogP contribution is -2.68. The SMILES string of the molecule is CCC(=O)N1c2ccccc2[C@H](Nc2ccc(CCC(=O)NCC3(NC4CCC(N[C@@H]5C[C@H](C)N(C(=O)CC)c6ccccc65)CC4)COC3)cc2)C[C@@H]1C. The maximum atomic E-state index is 13.0. The number of carbonyl (C=O) groups is 3. The first-order valence-corrected chi connectivity index (χ1v) is 20.7. The molecule has 0 unspecified atom stereocenters. The first kappa shape index (κ1) is 39.0. The van der Waals surface area contributed by atoms with Crippen molar-refractivity contribution in [3.63, 3.8) is 0 Å². The minimum Gasteiger partial charge on any atom is -0.378 e. The number of nitrogens with zero attached hydrogens (tertiary/aromatic N) is 2. The molecule has 294 valence electrons. The molecule has 4 aliphatic rings. The molecule has 1 saturated heterocycles. The van der Waals surface area contributed by atoms with Gasteiger partial charge in [-0.05, 0) is 99.7 Å². The average molecular weight is 749 g/mol. The molecule has 2 fully saturated rings. The van der Waals surface area contributed by atoms with Crippen molar-refractivity contribution in [2.75, 3.05) is 34.9 Å². The Hall–Kier alpha value is -4.25. The normalized spacial score (nSPS) is 25.6. The molecule has 3 aliphatic heterocycles. The second kappa shape index (κ2) is 17.3. The lowest BCUT2D eigenvalue weighted by molar-refractivity contribution is -0.124. The molecule has 7 rings (SSSR count). The first-order chi connectivity index (χ1) is 26.7. The van der Waals surface area contributed by atoms with E-state index < -0.39 is 0 Å². The highest BCUT2D eigenvalue weighted by Crippen LogP contribution is 2.40. The van der Waals surface area contributed by atoms with Gasteiger partial charge in [0.05, 0.1) is 24.8 Å². The van der Waals surface area contributed by atoms with Crippen LogP contribution in [0.2, 0.25) is 0 Å². The molecule has 3 aromatic carbocycles. The predicted octanol–water partition coefficient (Wildman–Crippen LogP) is 6.96. The summed E-state index contributed by atoms with van der Waals surface area (Å²) in [5.41, 5.74) is 6.37. The zero-order valence-electron chi connectivity index (χ0n) is 33.1. The van der Waals surface area contributed by atoms with Crippen molar-refractivity contribution < 1.29 is 19.1 Å². The number of anilines is 3. The monoisotopic (exact) mass is 748 g/mol. The molecule has 3 heterocycles. The number of carbonyl (C=O) groups excluding carboxylic acids is 3. The molecule has 1 aliphatic carbocycles. The molecule has 4 atom stereocenters. The maximum absolute atomic E-state index is 13.0. The van der Waals surface area contributed by atoms with E-state index in [9.17, 15) is 14.4 Å². The Kier molecular flexibility index (Phi) is 12.2. The molecule has 3 aromatic rings. The van der Waals surface area contributed by atoms with E-state index in [2.05, 4.69) is 83.6 Å². The Labute approximate surface area is 327 Å². The number of nitrogens with one attached hydrogen (secondary N) is 4. The van der Waals surface area contributed by atoms with Crippen LogP contribution in [-0.2, 0) is 25.5 Å². The van der Waals surface area contributed by atoms with E-state index >= 15 is 0 Å². The van der Waals surface area contributed by atoms with E-state index in [1.807, 2.05) is 47.9 Å². The van der Waals surface area contributed by atoms with Crippen LogP contribution in [-0.4, -0.2) is 67.2 Å². The smallest absolute Gasteiger partial charge is 0.226 e. The molecule has 10 heteroatoms.